The molecule has 0 aliphatic carbocycles. The molecule has 0 atom stereocenters. The lowest BCUT2D eigenvalue weighted by atomic mass is 10.1. The molecule has 25 heavy (non-hydrogen) atoms. The first kappa shape index (κ1) is 17.4. The van der Waals surface area contributed by atoms with E-state index in [1.807, 2.05) is 6.07 Å². The number of nitrogens with zero attached hydrogens (tertiary/aromatic N) is 2. The Balaban J connectivity index is 1.68. The predicted molar refractivity (Wildman–Crippen MR) is 94.5 cm³/mol. The molecule has 1 aromatic heterocycles. The summed E-state index contributed by atoms with van der Waals surface area (Å²) in [4.78, 5) is 18.5. The number of sulfone groups is 1. The van der Waals surface area contributed by atoms with Crippen molar-refractivity contribution in [3.05, 3.63) is 54.2 Å². The van der Waals surface area contributed by atoms with Crippen LogP contribution in [-0.4, -0.2) is 48.8 Å². The summed E-state index contributed by atoms with van der Waals surface area (Å²) in [5.74, 6) is 0.884. The van der Waals surface area contributed by atoms with Gasteiger partial charge in [-0.1, -0.05) is 12.1 Å². The number of carbonyl (C=O) groups excluding carboxylic acids is 1. The van der Waals surface area contributed by atoms with Gasteiger partial charge in [-0.05, 0) is 37.1 Å². The summed E-state index contributed by atoms with van der Waals surface area (Å²) in [5, 5.41) is -0.352. The molecule has 1 aromatic carbocycles. The maximum atomic E-state index is 12.7. The summed E-state index contributed by atoms with van der Waals surface area (Å²) >= 11 is 0. The van der Waals surface area contributed by atoms with Crippen molar-refractivity contribution in [2.45, 2.75) is 18.1 Å². The van der Waals surface area contributed by atoms with E-state index in [2.05, 4.69) is 4.98 Å². The molecule has 0 N–H and O–H groups in total. The monoisotopic (exact) mass is 360 g/mol. The molecule has 6 nitrogen and oxygen atoms in total. The number of amides is 1. The minimum atomic E-state index is -3.05. The van der Waals surface area contributed by atoms with Crippen LogP contribution in [0, 0.1) is 0 Å². The molecule has 0 radical (unpaired) electrons. The predicted octanol–water partition coefficient (Wildman–Crippen LogP) is 2.52. The summed E-state index contributed by atoms with van der Waals surface area (Å²) in [6.45, 7) is 0.893. The lowest BCUT2D eigenvalue weighted by Gasteiger charge is -2.31. The Labute approximate surface area is 147 Å². The van der Waals surface area contributed by atoms with Crippen molar-refractivity contribution in [3.63, 3.8) is 0 Å². The van der Waals surface area contributed by atoms with Crippen LogP contribution in [0.2, 0.25) is 0 Å². The first-order valence-electron chi connectivity index (χ1n) is 8.10. The van der Waals surface area contributed by atoms with Crippen molar-refractivity contribution in [3.8, 4) is 11.6 Å². The Morgan fingerprint density at radius 3 is 2.56 bits per heavy atom. The number of hydrogen-bond acceptors (Lipinski definition) is 5. The Morgan fingerprint density at radius 2 is 1.92 bits per heavy atom. The van der Waals surface area contributed by atoms with E-state index in [1.165, 1.54) is 6.26 Å². The van der Waals surface area contributed by atoms with E-state index in [9.17, 15) is 13.2 Å². The molecular weight excluding hydrogens is 340 g/mol. The summed E-state index contributed by atoms with van der Waals surface area (Å²) in [6, 6.07) is 12.3. The van der Waals surface area contributed by atoms with Gasteiger partial charge in [-0.3, -0.25) is 4.79 Å². The average molecular weight is 360 g/mol. The van der Waals surface area contributed by atoms with Crippen LogP contribution in [0.15, 0.2) is 48.7 Å². The van der Waals surface area contributed by atoms with Crippen LogP contribution in [0.5, 0.6) is 11.6 Å². The summed E-state index contributed by atoms with van der Waals surface area (Å²) in [6.07, 6.45) is 3.85. The highest BCUT2D eigenvalue weighted by Crippen LogP contribution is 2.23. The maximum Gasteiger partial charge on any atom is 0.253 e. The van der Waals surface area contributed by atoms with Crippen LogP contribution in [0.25, 0.3) is 0 Å². The van der Waals surface area contributed by atoms with Gasteiger partial charge in [0, 0.05) is 37.2 Å². The van der Waals surface area contributed by atoms with Crippen molar-refractivity contribution in [2.24, 2.45) is 0 Å². The zero-order valence-electron chi connectivity index (χ0n) is 14.0. The fourth-order valence-electron chi connectivity index (χ4n) is 2.89. The smallest absolute Gasteiger partial charge is 0.253 e. The van der Waals surface area contributed by atoms with Crippen LogP contribution in [0.4, 0.5) is 0 Å². The largest absolute Gasteiger partial charge is 0.439 e. The molecule has 1 fully saturated rings. The maximum absolute atomic E-state index is 12.7. The van der Waals surface area contributed by atoms with E-state index in [1.54, 1.807) is 47.5 Å². The van der Waals surface area contributed by atoms with Crippen molar-refractivity contribution in [1.82, 2.24) is 9.88 Å². The number of ether oxygens (including phenoxy) is 1. The minimum Gasteiger partial charge on any atom is -0.439 e. The van der Waals surface area contributed by atoms with Crippen LogP contribution in [0.3, 0.4) is 0 Å². The third kappa shape index (κ3) is 4.36. The number of rotatable bonds is 4. The van der Waals surface area contributed by atoms with Crippen LogP contribution < -0.4 is 4.74 Å². The van der Waals surface area contributed by atoms with Gasteiger partial charge in [0.15, 0.2) is 0 Å². The van der Waals surface area contributed by atoms with Gasteiger partial charge in [-0.25, -0.2) is 13.4 Å². The van der Waals surface area contributed by atoms with Gasteiger partial charge in [-0.2, -0.15) is 0 Å². The van der Waals surface area contributed by atoms with Gasteiger partial charge >= 0.3 is 0 Å². The second kappa shape index (κ2) is 7.23. The first-order chi connectivity index (χ1) is 11.9. The van der Waals surface area contributed by atoms with Crippen molar-refractivity contribution in [2.75, 3.05) is 19.3 Å². The molecule has 2 aromatic rings. The Kier molecular flexibility index (Phi) is 5.03. The quantitative estimate of drug-likeness (QED) is 0.837. The fraction of sp³-hybridized carbons (Fsp3) is 0.333. The topological polar surface area (TPSA) is 76.6 Å². The number of likely N-dealkylation sites (tertiary alicyclic amines) is 1. The molecular formula is C18H20N2O4S. The zero-order valence-corrected chi connectivity index (χ0v) is 14.8. The number of aromatic nitrogens is 1. The fourth-order valence-corrected chi connectivity index (χ4v) is 3.96. The Hall–Kier alpha value is -2.41. The molecule has 3 rings (SSSR count). The van der Waals surface area contributed by atoms with Gasteiger partial charge in [0.25, 0.3) is 5.91 Å². The van der Waals surface area contributed by atoms with E-state index >= 15 is 0 Å². The van der Waals surface area contributed by atoms with Gasteiger partial charge in [-0.15, -0.1) is 0 Å². The third-order valence-electron chi connectivity index (χ3n) is 4.28. The Morgan fingerprint density at radius 1 is 1.16 bits per heavy atom. The third-order valence-corrected chi connectivity index (χ3v) is 5.96. The average Bonchev–Trinajstić information content (AvgIpc) is 2.61. The molecule has 132 valence electrons. The number of carbonyl (C=O) groups is 1. The molecule has 1 aliphatic rings. The molecule has 0 spiro atoms. The normalized spacial score (nSPS) is 15.8. The lowest BCUT2D eigenvalue weighted by molar-refractivity contribution is 0.0725. The summed E-state index contributed by atoms with van der Waals surface area (Å²) in [5.41, 5.74) is 0.520. The highest BCUT2D eigenvalue weighted by atomic mass is 32.2. The van der Waals surface area contributed by atoms with Crippen LogP contribution in [-0.2, 0) is 9.84 Å². The second-order valence-corrected chi connectivity index (χ2v) is 8.44. The first-order valence-corrected chi connectivity index (χ1v) is 10.1. The van der Waals surface area contributed by atoms with Crippen molar-refractivity contribution >= 4 is 15.7 Å². The van der Waals surface area contributed by atoms with Crippen LogP contribution in [0.1, 0.15) is 23.2 Å². The second-order valence-electron chi connectivity index (χ2n) is 6.12. The summed E-state index contributed by atoms with van der Waals surface area (Å²) < 4.78 is 28.9. The molecule has 1 saturated heterocycles. The van der Waals surface area contributed by atoms with Gasteiger partial charge in [0.05, 0.1) is 5.25 Å². The van der Waals surface area contributed by atoms with Gasteiger partial charge in [0.1, 0.15) is 15.6 Å². The molecule has 7 heteroatoms. The molecule has 0 saturated carbocycles. The van der Waals surface area contributed by atoms with E-state index in [-0.39, 0.29) is 11.2 Å². The highest BCUT2D eigenvalue weighted by Gasteiger charge is 2.29. The molecule has 1 aliphatic heterocycles. The van der Waals surface area contributed by atoms with Crippen molar-refractivity contribution in [1.29, 1.82) is 0 Å². The van der Waals surface area contributed by atoms with E-state index in [4.69, 9.17) is 4.74 Å². The number of piperidine rings is 1. The van der Waals surface area contributed by atoms with Gasteiger partial charge in [0.2, 0.25) is 5.88 Å². The molecule has 0 unspecified atom stereocenters. The zero-order chi connectivity index (χ0) is 17.9. The molecule has 2 heterocycles. The molecule has 1 amide bonds. The van der Waals surface area contributed by atoms with E-state index in [0.29, 0.717) is 43.1 Å². The number of pyridine rings is 1. The van der Waals surface area contributed by atoms with Crippen molar-refractivity contribution < 1.29 is 17.9 Å². The number of benzene rings is 1. The van der Waals surface area contributed by atoms with E-state index < -0.39 is 9.84 Å². The highest BCUT2D eigenvalue weighted by molar-refractivity contribution is 7.91. The summed E-state index contributed by atoms with van der Waals surface area (Å²) in [7, 11) is -3.05. The van der Waals surface area contributed by atoms with Crippen LogP contribution >= 0.6 is 0 Å². The van der Waals surface area contributed by atoms with Gasteiger partial charge < -0.3 is 9.64 Å². The lowest BCUT2D eigenvalue weighted by Crippen LogP contribution is -2.42. The standard InChI is InChI=1S/C18H20N2O4S/c1-25(22,23)16-8-11-20(12-9-16)18(21)14-5-4-6-15(13-14)24-17-7-2-3-10-19-17/h2-7,10,13,16H,8-9,11-12H2,1H3. The minimum absolute atomic E-state index is 0.113. The Bertz CT molecular complexity index is 844. The SMILES string of the molecule is CS(=O)(=O)C1CCN(C(=O)c2cccc(Oc3ccccn3)c2)CC1. The molecule has 0 bridgehead atoms. The number of hydrogen-bond donors (Lipinski definition) is 0. The van der Waals surface area contributed by atoms with E-state index in [0.717, 1.165) is 0 Å².